The topological polar surface area (TPSA) is 86.7 Å². The molecule has 1 rings (SSSR count). The summed E-state index contributed by atoms with van der Waals surface area (Å²) < 4.78 is 5.34. The van der Waals surface area contributed by atoms with E-state index in [9.17, 15) is 9.59 Å². The summed E-state index contributed by atoms with van der Waals surface area (Å²) in [5.74, 6) is 4.80. The van der Waals surface area contributed by atoms with Crippen molar-refractivity contribution < 1.29 is 9.53 Å². The minimum atomic E-state index is -0.572. The van der Waals surface area contributed by atoms with Crippen LogP contribution in [0.15, 0.2) is 15.9 Å². The van der Waals surface area contributed by atoms with E-state index in [0.29, 0.717) is 0 Å². The average Bonchev–Trinajstić information content (AvgIpc) is 2.20. The first kappa shape index (κ1) is 10.5. The monoisotopic (exact) mass is 215 g/mol. The van der Waals surface area contributed by atoms with Gasteiger partial charge in [-0.15, -0.1) is 0 Å². The summed E-state index contributed by atoms with van der Waals surface area (Å²) in [5, 5.41) is 0. The highest BCUT2D eigenvalue weighted by Gasteiger charge is 2.09. The lowest BCUT2D eigenvalue weighted by Gasteiger charge is -2.00. The summed E-state index contributed by atoms with van der Waals surface area (Å²) in [6, 6.07) is 1.12. The molecule has 76 valence electrons. The van der Waals surface area contributed by atoms with Crippen LogP contribution in [0.4, 0.5) is 0 Å². The molecule has 0 saturated heterocycles. The van der Waals surface area contributed by atoms with Crippen LogP contribution in [0.2, 0.25) is 0 Å². The van der Waals surface area contributed by atoms with Crippen molar-refractivity contribution in [1.82, 2.24) is 4.68 Å². The van der Waals surface area contributed by atoms with Crippen LogP contribution in [-0.2, 0) is 4.74 Å². The van der Waals surface area contributed by atoms with E-state index in [1.807, 2.05) is 0 Å². The van der Waals surface area contributed by atoms with E-state index in [1.165, 1.54) is 14.2 Å². The number of ether oxygens (including phenoxy) is 1. The van der Waals surface area contributed by atoms with Gasteiger partial charge in [0, 0.05) is 13.1 Å². The highest BCUT2D eigenvalue weighted by atomic mass is 32.1. The van der Waals surface area contributed by atoms with Gasteiger partial charge in [-0.3, -0.25) is 9.79 Å². The van der Waals surface area contributed by atoms with Gasteiger partial charge < -0.3 is 10.6 Å². The predicted molar refractivity (Wildman–Crippen MR) is 51.6 cm³/mol. The van der Waals surface area contributed by atoms with Gasteiger partial charge in [-0.25, -0.2) is 4.79 Å². The van der Waals surface area contributed by atoms with Crippen molar-refractivity contribution in [3.63, 3.8) is 0 Å². The number of nitrogens with zero attached hydrogens (tertiary/aromatic N) is 2. The third-order valence-corrected chi connectivity index (χ3v) is 2.54. The van der Waals surface area contributed by atoms with E-state index in [1.54, 1.807) is 0 Å². The fourth-order valence-electron chi connectivity index (χ4n) is 0.808. The van der Waals surface area contributed by atoms with Crippen LogP contribution in [0.5, 0.6) is 0 Å². The second-order valence-corrected chi connectivity index (χ2v) is 3.33. The molecule has 0 aliphatic carbocycles. The smallest absolute Gasteiger partial charge is 0.348 e. The van der Waals surface area contributed by atoms with Gasteiger partial charge in [0.05, 0.1) is 7.11 Å². The standard InChI is InChI=1S/C7H9N3O3S/c1-9-7-10(8)5(11)3-4(14-7)6(12)13-2/h3H,8H2,1-2H3. The number of methoxy groups -OCH3 is 1. The first-order valence-corrected chi connectivity index (χ1v) is 4.45. The summed E-state index contributed by atoms with van der Waals surface area (Å²) in [6.07, 6.45) is 0. The molecule has 7 heteroatoms. The molecular weight excluding hydrogens is 206 g/mol. The molecule has 0 aliphatic rings. The van der Waals surface area contributed by atoms with Gasteiger partial charge in [0.2, 0.25) is 4.80 Å². The molecule has 0 unspecified atom stereocenters. The Labute approximate surface area is 83.2 Å². The second-order valence-electron chi connectivity index (χ2n) is 2.32. The van der Waals surface area contributed by atoms with Crippen molar-refractivity contribution in [1.29, 1.82) is 0 Å². The average molecular weight is 215 g/mol. The highest BCUT2D eigenvalue weighted by Crippen LogP contribution is 1.99. The Hall–Kier alpha value is -1.63. The number of esters is 1. The Morgan fingerprint density at radius 2 is 2.36 bits per heavy atom. The Morgan fingerprint density at radius 1 is 1.71 bits per heavy atom. The van der Waals surface area contributed by atoms with Crippen LogP contribution in [0.1, 0.15) is 9.67 Å². The van der Waals surface area contributed by atoms with Crippen molar-refractivity contribution in [3.05, 3.63) is 26.1 Å². The Bertz CT molecular complexity index is 474. The zero-order chi connectivity index (χ0) is 10.7. The Balaban J connectivity index is 3.46. The number of hydrogen-bond donors (Lipinski definition) is 1. The third kappa shape index (κ3) is 1.82. The van der Waals surface area contributed by atoms with Crippen molar-refractivity contribution >= 4 is 17.3 Å². The number of carbonyl (C=O) groups excluding carboxylic acids is 1. The first-order chi connectivity index (χ1) is 6.60. The van der Waals surface area contributed by atoms with Gasteiger partial charge in [0.1, 0.15) is 4.88 Å². The van der Waals surface area contributed by atoms with Gasteiger partial charge in [-0.1, -0.05) is 11.3 Å². The molecule has 0 spiro atoms. The summed E-state index contributed by atoms with van der Waals surface area (Å²) in [6.45, 7) is 0. The van der Waals surface area contributed by atoms with Crippen molar-refractivity contribution in [2.75, 3.05) is 20.0 Å². The molecule has 0 aromatic carbocycles. The lowest BCUT2D eigenvalue weighted by Crippen LogP contribution is -2.38. The van der Waals surface area contributed by atoms with E-state index >= 15 is 0 Å². The molecule has 0 radical (unpaired) electrons. The fourth-order valence-corrected chi connectivity index (χ4v) is 1.61. The molecule has 1 aromatic heterocycles. The normalized spacial score (nSPS) is 11.4. The van der Waals surface area contributed by atoms with Gasteiger partial charge in [-0.05, 0) is 0 Å². The van der Waals surface area contributed by atoms with Crippen molar-refractivity contribution in [3.8, 4) is 0 Å². The zero-order valence-corrected chi connectivity index (χ0v) is 8.50. The molecule has 1 heterocycles. The summed E-state index contributed by atoms with van der Waals surface area (Å²) in [7, 11) is 2.72. The van der Waals surface area contributed by atoms with E-state index < -0.39 is 11.5 Å². The molecule has 6 nitrogen and oxygen atoms in total. The highest BCUT2D eigenvalue weighted by molar-refractivity contribution is 7.11. The summed E-state index contributed by atoms with van der Waals surface area (Å²) in [4.78, 5) is 26.5. The quantitative estimate of drug-likeness (QED) is 0.478. The maximum atomic E-state index is 11.2. The molecule has 2 N–H and O–H groups in total. The summed E-state index contributed by atoms with van der Waals surface area (Å²) >= 11 is 0.993. The molecule has 0 aliphatic heterocycles. The zero-order valence-electron chi connectivity index (χ0n) is 7.68. The van der Waals surface area contributed by atoms with Gasteiger partial charge >= 0.3 is 5.97 Å². The lowest BCUT2D eigenvalue weighted by atomic mass is 10.5. The van der Waals surface area contributed by atoms with Crippen molar-refractivity contribution in [2.24, 2.45) is 4.99 Å². The van der Waals surface area contributed by atoms with Crippen LogP contribution in [0, 0.1) is 0 Å². The first-order valence-electron chi connectivity index (χ1n) is 3.63. The predicted octanol–water partition coefficient (Wildman–Crippen LogP) is -1.06. The number of nitrogens with two attached hydrogens (primary N) is 1. The molecule has 0 saturated carbocycles. The minimum Gasteiger partial charge on any atom is -0.465 e. The molecule has 0 fully saturated rings. The van der Waals surface area contributed by atoms with Gasteiger partial charge in [0.25, 0.3) is 5.56 Å². The third-order valence-electron chi connectivity index (χ3n) is 1.48. The number of aromatic nitrogens is 1. The Kier molecular flexibility index (Phi) is 3.03. The number of hydrogen-bond acceptors (Lipinski definition) is 6. The van der Waals surface area contributed by atoms with Gasteiger partial charge in [0.15, 0.2) is 0 Å². The molecule has 0 amide bonds. The van der Waals surface area contributed by atoms with Crippen LogP contribution >= 0.6 is 11.3 Å². The van der Waals surface area contributed by atoms with E-state index in [0.717, 1.165) is 22.1 Å². The number of nitrogen functional groups attached to an aromatic ring is 1. The number of carbonyl (C=O) groups is 1. The van der Waals surface area contributed by atoms with Crippen LogP contribution < -0.4 is 16.2 Å². The summed E-state index contributed by atoms with van der Waals surface area (Å²) in [5.41, 5.74) is -0.496. The van der Waals surface area contributed by atoms with E-state index in [4.69, 9.17) is 5.84 Å². The largest absolute Gasteiger partial charge is 0.465 e. The molecule has 0 bridgehead atoms. The second kappa shape index (κ2) is 4.05. The molecular formula is C7H9N3O3S. The molecule has 14 heavy (non-hydrogen) atoms. The molecule has 0 atom stereocenters. The number of rotatable bonds is 1. The van der Waals surface area contributed by atoms with Crippen molar-refractivity contribution in [2.45, 2.75) is 0 Å². The Morgan fingerprint density at radius 3 is 2.86 bits per heavy atom. The lowest BCUT2D eigenvalue weighted by molar-refractivity contribution is 0.0606. The fraction of sp³-hybridized carbons (Fsp3) is 0.286. The maximum absolute atomic E-state index is 11.2. The SMILES string of the molecule is CN=c1sc(C(=O)OC)cc(=O)n1N. The maximum Gasteiger partial charge on any atom is 0.348 e. The molecule has 1 aromatic rings. The van der Waals surface area contributed by atoms with Crippen LogP contribution in [-0.4, -0.2) is 24.8 Å². The van der Waals surface area contributed by atoms with Crippen LogP contribution in [0.3, 0.4) is 0 Å². The van der Waals surface area contributed by atoms with E-state index in [-0.39, 0.29) is 9.68 Å². The van der Waals surface area contributed by atoms with Gasteiger partial charge in [-0.2, -0.15) is 4.68 Å². The van der Waals surface area contributed by atoms with E-state index in [2.05, 4.69) is 9.73 Å². The van der Waals surface area contributed by atoms with Crippen LogP contribution in [0.25, 0.3) is 0 Å². The minimum absolute atomic E-state index is 0.180.